The number of allylic oxidation sites excluding steroid dienone is 1. The zero-order valence-corrected chi connectivity index (χ0v) is 19.2. The van der Waals surface area contributed by atoms with Gasteiger partial charge in [-0.05, 0) is 41.8 Å². The van der Waals surface area contributed by atoms with Crippen molar-refractivity contribution in [1.29, 1.82) is 0 Å². The molecule has 4 rings (SSSR count). The molecule has 1 heterocycles. The molecule has 7 heteroatoms. The molecule has 0 N–H and O–H groups in total. The summed E-state index contributed by atoms with van der Waals surface area (Å²) in [5.74, 6) is -3.38. The van der Waals surface area contributed by atoms with Crippen LogP contribution in [0.4, 0.5) is 8.78 Å². The summed E-state index contributed by atoms with van der Waals surface area (Å²) in [5.41, 5.74) is 2.58. The molecule has 0 saturated carbocycles. The fraction of sp³-hybridized carbons (Fsp3) is 0.185. The summed E-state index contributed by atoms with van der Waals surface area (Å²) in [6, 6.07) is 19.8. The minimum Gasteiger partial charge on any atom is -0.457 e. The van der Waals surface area contributed by atoms with Crippen LogP contribution in [0.2, 0.25) is 5.02 Å². The van der Waals surface area contributed by atoms with Gasteiger partial charge in [-0.15, -0.1) is 0 Å². The molecule has 34 heavy (non-hydrogen) atoms. The maximum atomic E-state index is 13.7. The fourth-order valence-corrected chi connectivity index (χ4v) is 4.38. The van der Waals surface area contributed by atoms with Gasteiger partial charge < -0.3 is 9.64 Å². The van der Waals surface area contributed by atoms with E-state index in [0.717, 1.165) is 17.7 Å². The van der Waals surface area contributed by atoms with Crippen molar-refractivity contribution in [3.8, 4) is 0 Å². The maximum absolute atomic E-state index is 13.7. The highest BCUT2D eigenvalue weighted by Crippen LogP contribution is 2.40. The number of hydrogen-bond donors (Lipinski definition) is 0. The third-order valence-corrected chi connectivity index (χ3v) is 6.21. The molecular weight excluding hydrogens is 460 g/mol. The van der Waals surface area contributed by atoms with Crippen molar-refractivity contribution < 1.29 is 23.1 Å². The van der Waals surface area contributed by atoms with Crippen LogP contribution in [-0.2, 0) is 27.5 Å². The Morgan fingerprint density at radius 3 is 2.41 bits per heavy atom. The smallest absolute Gasteiger partial charge is 0.336 e. The van der Waals surface area contributed by atoms with E-state index in [-0.39, 0.29) is 25.5 Å². The minimum atomic E-state index is -1.000. The van der Waals surface area contributed by atoms with Gasteiger partial charge in [-0.1, -0.05) is 66.2 Å². The van der Waals surface area contributed by atoms with Crippen LogP contribution in [0.1, 0.15) is 36.0 Å². The highest BCUT2D eigenvalue weighted by Gasteiger charge is 2.37. The molecule has 0 saturated heterocycles. The fourth-order valence-electron chi connectivity index (χ4n) is 4.11. The van der Waals surface area contributed by atoms with Crippen LogP contribution in [0.3, 0.4) is 0 Å². The Labute approximate surface area is 201 Å². The number of carbonyl (C=O) groups excluding carboxylic acids is 2. The third kappa shape index (κ3) is 5.02. The summed E-state index contributed by atoms with van der Waals surface area (Å²) in [7, 11) is 0. The minimum absolute atomic E-state index is 0.00737. The van der Waals surface area contributed by atoms with Crippen molar-refractivity contribution in [3.05, 3.63) is 117 Å². The Bertz CT molecular complexity index is 1260. The van der Waals surface area contributed by atoms with Crippen LogP contribution >= 0.6 is 11.6 Å². The predicted octanol–water partition coefficient (Wildman–Crippen LogP) is 6.15. The van der Waals surface area contributed by atoms with E-state index in [4.69, 9.17) is 16.3 Å². The number of esters is 1. The van der Waals surface area contributed by atoms with E-state index in [9.17, 15) is 18.4 Å². The van der Waals surface area contributed by atoms with Crippen LogP contribution in [0.15, 0.2) is 84.1 Å². The molecule has 1 atom stereocenters. The molecule has 174 valence electrons. The number of carbonyl (C=O) groups is 2. The second kappa shape index (κ2) is 10.2. The van der Waals surface area contributed by atoms with Gasteiger partial charge in [0.2, 0.25) is 5.91 Å². The summed E-state index contributed by atoms with van der Waals surface area (Å²) in [6.45, 7) is 1.72. The van der Waals surface area contributed by atoms with Crippen molar-refractivity contribution in [2.75, 3.05) is 0 Å². The lowest BCUT2D eigenvalue weighted by atomic mass is 9.83. The summed E-state index contributed by atoms with van der Waals surface area (Å²) >= 11 is 6.42. The number of nitrogens with zero attached hydrogens (tertiary/aromatic N) is 1. The SMILES string of the molecule is CC1=C(C(=O)OCc2ccccc2)[C@@H](c2ccccc2Cl)CC(=O)N1Cc1ccc(F)c(F)c1. The first-order valence-corrected chi connectivity index (χ1v) is 11.1. The van der Waals surface area contributed by atoms with Crippen molar-refractivity contribution in [2.45, 2.75) is 32.4 Å². The van der Waals surface area contributed by atoms with Gasteiger partial charge >= 0.3 is 5.97 Å². The summed E-state index contributed by atoms with van der Waals surface area (Å²) in [4.78, 5) is 27.8. The summed E-state index contributed by atoms with van der Waals surface area (Å²) in [6.07, 6.45) is -0.0134. The zero-order valence-electron chi connectivity index (χ0n) is 18.4. The Hall–Kier alpha value is -3.51. The molecule has 0 aromatic heterocycles. The molecule has 3 aromatic rings. The average Bonchev–Trinajstić information content (AvgIpc) is 2.83. The monoisotopic (exact) mass is 481 g/mol. The molecule has 0 radical (unpaired) electrons. The second-order valence-electron chi connectivity index (χ2n) is 8.07. The van der Waals surface area contributed by atoms with Crippen LogP contribution in [0.5, 0.6) is 0 Å². The molecule has 1 amide bonds. The molecular formula is C27H22ClF2NO3. The summed E-state index contributed by atoms with van der Waals surface area (Å²) in [5, 5.41) is 0.440. The first kappa shape index (κ1) is 23.6. The van der Waals surface area contributed by atoms with Crippen LogP contribution in [0, 0.1) is 11.6 Å². The van der Waals surface area contributed by atoms with Crippen molar-refractivity contribution in [2.24, 2.45) is 0 Å². The van der Waals surface area contributed by atoms with Gasteiger partial charge in [0, 0.05) is 23.1 Å². The topological polar surface area (TPSA) is 46.6 Å². The van der Waals surface area contributed by atoms with Crippen LogP contribution in [-0.4, -0.2) is 16.8 Å². The van der Waals surface area contributed by atoms with Gasteiger partial charge in [0.15, 0.2) is 11.6 Å². The zero-order chi connectivity index (χ0) is 24.2. The summed E-state index contributed by atoms with van der Waals surface area (Å²) < 4.78 is 32.7. The number of amides is 1. The van der Waals surface area contributed by atoms with E-state index in [2.05, 4.69) is 0 Å². The molecule has 0 aliphatic carbocycles. The molecule has 4 nitrogen and oxygen atoms in total. The van der Waals surface area contributed by atoms with E-state index in [1.54, 1.807) is 31.2 Å². The Morgan fingerprint density at radius 1 is 1.00 bits per heavy atom. The largest absolute Gasteiger partial charge is 0.457 e. The van der Waals surface area contributed by atoms with Crippen molar-refractivity contribution >= 4 is 23.5 Å². The van der Waals surface area contributed by atoms with E-state index < -0.39 is 23.5 Å². The van der Waals surface area contributed by atoms with E-state index in [1.807, 2.05) is 30.3 Å². The predicted molar refractivity (Wildman–Crippen MR) is 125 cm³/mol. The van der Waals surface area contributed by atoms with Crippen LogP contribution in [0.25, 0.3) is 0 Å². The van der Waals surface area contributed by atoms with Crippen LogP contribution < -0.4 is 0 Å². The molecule has 0 spiro atoms. The molecule has 0 fully saturated rings. The number of ether oxygens (including phenoxy) is 1. The lowest BCUT2D eigenvalue weighted by Crippen LogP contribution is -2.38. The lowest BCUT2D eigenvalue weighted by molar-refractivity contribution is -0.141. The van der Waals surface area contributed by atoms with Gasteiger partial charge in [0.25, 0.3) is 0 Å². The highest BCUT2D eigenvalue weighted by atomic mass is 35.5. The van der Waals surface area contributed by atoms with E-state index in [0.29, 0.717) is 27.4 Å². The lowest BCUT2D eigenvalue weighted by Gasteiger charge is -2.35. The first-order valence-electron chi connectivity index (χ1n) is 10.8. The number of hydrogen-bond acceptors (Lipinski definition) is 3. The van der Waals surface area contributed by atoms with Gasteiger partial charge in [0.05, 0.1) is 12.1 Å². The highest BCUT2D eigenvalue weighted by molar-refractivity contribution is 6.31. The van der Waals surface area contributed by atoms with Gasteiger partial charge in [-0.3, -0.25) is 4.79 Å². The molecule has 1 aliphatic rings. The number of halogens is 3. The first-order chi connectivity index (χ1) is 16.3. The van der Waals surface area contributed by atoms with E-state index in [1.165, 1.54) is 11.0 Å². The van der Waals surface area contributed by atoms with Gasteiger partial charge in [-0.2, -0.15) is 0 Å². The number of benzene rings is 3. The Balaban J connectivity index is 1.70. The maximum Gasteiger partial charge on any atom is 0.336 e. The van der Waals surface area contributed by atoms with Crippen molar-refractivity contribution in [3.63, 3.8) is 0 Å². The Morgan fingerprint density at radius 2 is 1.71 bits per heavy atom. The standard InChI is InChI=1S/C27H22ClF2NO3/c1-17-26(27(33)34-16-18-7-3-2-4-8-18)21(20-9-5-6-10-22(20)28)14-25(32)31(17)15-19-11-12-23(29)24(30)13-19/h2-13,21H,14-16H2,1H3/t21-/m1/s1. The quantitative estimate of drug-likeness (QED) is 0.397. The molecule has 0 unspecified atom stereocenters. The van der Waals surface area contributed by atoms with Gasteiger partial charge in [-0.25, -0.2) is 13.6 Å². The van der Waals surface area contributed by atoms with E-state index >= 15 is 0 Å². The van der Waals surface area contributed by atoms with Crippen molar-refractivity contribution in [1.82, 2.24) is 4.90 Å². The third-order valence-electron chi connectivity index (χ3n) is 5.86. The normalized spacial score (nSPS) is 16.1. The molecule has 1 aliphatic heterocycles. The van der Waals surface area contributed by atoms with Gasteiger partial charge in [0.1, 0.15) is 6.61 Å². The number of rotatable bonds is 6. The molecule has 0 bridgehead atoms. The average molecular weight is 482 g/mol. The molecule has 3 aromatic carbocycles. The second-order valence-corrected chi connectivity index (χ2v) is 8.47. The Kier molecular flexibility index (Phi) is 7.08.